The molecule has 0 aliphatic carbocycles. The van der Waals surface area contributed by atoms with Crippen LogP contribution in [0.2, 0.25) is 0 Å². The highest BCUT2D eigenvalue weighted by atomic mass is 32.2. The molecule has 7 heteroatoms. The molecule has 0 saturated heterocycles. The van der Waals surface area contributed by atoms with Gasteiger partial charge < -0.3 is 5.32 Å². The summed E-state index contributed by atoms with van der Waals surface area (Å²) in [6.45, 7) is 5.09. The van der Waals surface area contributed by atoms with Gasteiger partial charge in [-0.3, -0.25) is 9.78 Å². The van der Waals surface area contributed by atoms with Crippen LogP contribution in [0.5, 0.6) is 0 Å². The normalized spacial score (nSPS) is 11.9. The highest BCUT2D eigenvalue weighted by Crippen LogP contribution is 2.06. The minimum atomic E-state index is -3.28. The summed E-state index contributed by atoms with van der Waals surface area (Å²) in [4.78, 5) is 15.9. The van der Waals surface area contributed by atoms with Gasteiger partial charge in [-0.1, -0.05) is 19.9 Å². The van der Waals surface area contributed by atoms with Crippen LogP contribution >= 0.6 is 0 Å². The fourth-order valence-electron chi connectivity index (χ4n) is 1.85. The Hall–Kier alpha value is -1.47. The largest absolute Gasteiger partial charge is 0.350 e. The van der Waals surface area contributed by atoms with Gasteiger partial charge in [-0.2, -0.15) is 0 Å². The second-order valence-corrected chi connectivity index (χ2v) is 7.67. The van der Waals surface area contributed by atoms with Crippen LogP contribution in [0.4, 0.5) is 0 Å². The summed E-state index contributed by atoms with van der Waals surface area (Å²) < 4.78 is 24.8. The molecular weight excluding hydrogens is 302 g/mol. The standard InChI is InChI=1S/C15H25N3O3S/c1-13(2)7-10-18(22(3,20)21)11-8-15(19)17-12-14-6-4-5-9-16-14/h4-6,9,13H,7-8,10-12H2,1-3H3,(H,17,19). The molecule has 0 saturated carbocycles. The van der Waals surface area contributed by atoms with Crippen LogP contribution in [0.1, 0.15) is 32.4 Å². The van der Waals surface area contributed by atoms with Crippen molar-refractivity contribution in [1.82, 2.24) is 14.6 Å². The summed E-state index contributed by atoms with van der Waals surface area (Å²) in [5.74, 6) is 0.242. The number of sulfonamides is 1. The predicted molar refractivity (Wildman–Crippen MR) is 86.6 cm³/mol. The van der Waals surface area contributed by atoms with E-state index in [1.807, 2.05) is 32.0 Å². The summed E-state index contributed by atoms with van der Waals surface area (Å²) in [6, 6.07) is 5.49. The smallest absolute Gasteiger partial charge is 0.221 e. The van der Waals surface area contributed by atoms with E-state index in [-0.39, 0.29) is 18.9 Å². The monoisotopic (exact) mass is 327 g/mol. The molecule has 6 nitrogen and oxygen atoms in total. The Balaban J connectivity index is 2.42. The third-order valence-corrected chi connectivity index (χ3v) is 4.51. The third kappa shape index (κ3) is 7.51. The molecule has 1 aromatic heterocycles. The number of hydrogen-bond donors (Lipinski definition) is 1. The van der Waals surface area contributed by atoms with Gasteiger partial charge in [0.25, 0.3) is 0 Å². The van der Waals surface area contributed by atoms with Crippen LogP contribution in [-0.2, 0) is 21.4 Å². The van der Waals surface area contributed by atoms with Gasteiger partial charge in [0.15, 0.2) is 0 Å². The number of amides is 1. The lowest BCUT2D eigenvalue weighted by Crippen LogP contribution is -2.35. The van der Waals surface area contributed by atoms with Crippen molar-refractivity contribution in [3.8, 4) is 0 Å². The van der Waals surface area contributed by atoms with Crippen LogP contribution in [0.25, 0.3) is 0 Å². The molecule has 0 unspecified atom stereocenters. The number of pyridine rings is 1. The van der Waals surface area contributed by atoms with Crippen LogP contribution in [-0.4, -0.2) is 43.0 Å². The van der Waals surface area contributed by atoms with Crippen LogP contribution in [0.15, 0.2) is 24.4 Å². The molecule has 0 bridgehead atoms. The maximum Gasteiger partial charge on any atom is 0.221 e. The summed E-state index contributed by atoms with van der Waals surface area (Å²) in [6.07, 6.45) is 3.78. The lowest BCUT2D eigenvalue weighted by molar-refractivity contribution is -0.121. The highest BCUT2D eigenvalue weighted by molar-refractivity contribution is 7.88. The summed E-state index contributed by atoms with van der Waals surface area (Å²) in [5, 5.41) is 2.75. The predicted octanol–water partition coefficient (Wildman–Crippen LogP) is 1.40. The molecule has 0 fully saturated rings. The van der Waals surface area contributed by atoms with Crippen LogP contribution in [0, 0.1) is 5.92 Å². The Kier molecular flexibility index (Phi) is 7.47. The van der Waals surface area contributed by atoms with Crippen molar-refractivity contribution in [2.24, 2.45) is 5.92 Å². The van der Waals surface area contributed by atoms with Crippen molar-refractivity contribution < 1.29 is 13.2 Å². The molecule has 0 atom stereocenters. The van der Waals surface area contributed by atoms with E-state index < -0.39 is 10.0 Å². The van der Waals surface area contributed by atoms with Crippen molar-refractivity contribution in [3.05, 3.63) is 30.1 Å². The second-order valence-electron chi connectivity index (χ2n) is 5.69. The molecule has 0 spiro atoms. The summed E-state index contributed by atoms with van der Waals surface area (Å²) >= 11 is 0. The lowest BCUT2D eigenvalue weighted by Gasteiger charge is -2.20. The zero-order valence-corrected chi connectivity index (χ0v) is 14.3. The van der Waals surface area contributed by atoms with Gasteiger partial charge in [0.1, 0.15) is 0 Å². The van der Waals surface area contributed by atoms with E-state index in [0.29, 0.717) is 19.0 Å². The molecule has 22 heavy (non-hydrogen) atoms. The van der Waals surface area contributed by atoms with Gasteiger partial charge in [0.05, 0.1) is 18.5 Å². The van der Waals surface area contributed by atoms with E-state index in [0.717, 1.165) is 12.1 Å². The average molecular weight is 327 g/mol. The van der Waals surface area contributed by atoms with Crippen LogP contribution < -0.4 is 5.32 Å². The number of carbonyl (C=O) groups excluding carboxylic acids is 1. The SMILES string of the molecule is CC(C)CCN(CCC(=O)NCc1ccccn1)S(C)(=O)=O. The first-order chi connectivity index (χ1) is 10.3. The Morgan fingerprint density at radius 1 is 1.32 bits per heavy atom. The number of aromatic nitrogens is 1. The van der Waals surface area contributed by atoms with E-state index in [1.54, 1.807) is 6.20 Å². The Labute approximate surface area is 133 Å². The maximum atomic E-state index is 11.8. The molecule has 1 heterocycles. The van der Waals surface area contributed by atoms with E-state index in [1.165, 1.54) is 10.6 Å². The number of nitrogens with one attached hydrogen (secondary N) is 1. The Morgan fingerprint density at radius 2 is 2.05 bits per heavy atom. The number of hydrogen-bond acceptors (Lipinski definition) is 4. The minimum absolute atomic E-state index is 0.151. The highest BCUT2D eigenvalue weighted by Gasteiger charge is 2.17. The molecule has 1 rings (SSSR count). The fraction of sp³-hybridized carbons (Fsp3) is 0.600. The van der Waals surface area contributed by atoms with E-state index >= 15 is 0 Å². The maximum absolute atomic E-state index is 11.8. The van der Waals surface area contributed by atoms with Gasteiger partial charge in [-0.25, -0.2) is 12.7 Å². The minimum Gasteiger partial charge on any atom is -0.350 e. The summed E-state index contributed by atoms with van der Waals surface area (Å²) in [7, 11) is -3.28. The quantitative estimate of drug-likeness (QED) is 0.743. The molecule has 1 amide bonds. The van der Waals surface area contributed by atoms with Gasteiger partial charge in [0, 0.05) is 25.7 Å². The Morgan fingerprint density at radius 3 is 2.59 bits per heavy atom. The molecule has 0 aliphatic heterocycles. The topological polar surface area (TPSA) is 79.4 Å². The molecular formula is C15H25N3O3S. The fourth-order valence-corrected chi connectivity index (χ4v) is 2.71. The van der Waals surface area contributed by atoms with E-state index in [4.69, 9.17) is 0 Å². The van der Waals surface area contributed by atoms with Gasteiger partial charge in [-0.05, 0) is 24.5 Å². The third-order valence-electron chi connectivity index (χ3n) is 3.21. The Bertz CT molecular complexity index is 559. The summed E-state index contributed by atoms with van der Waals surface area (Å²) in [5.41, 5.74) is 0.774. The average Bonchev–Trinajstić information content (AvgIpc) is 2.44. The second kappa shape index (κ2) is 8.85. The molecule has 0 aliphatic rings. The van der Waals surface area contributed by atoms with Crippen LogP contribution in [0.3, 0.4) is 0 Å². The number of rotatable bonds is 9. The van der Waals surface area contributed by atoms with E-state index in [2.05, 4.69) is 10.3 Å². The van der Waals surface area contributed by atoms with Crippen molar-refractivity contribution in [2.45, 2.75) is 33.2 Å². The first kappa shape index (κ1) is 18.6. The first-order valence-corrected chi connectivity index (χ1v) is 9.25. The van der Waals surface area contributed by atoms with Crippen molar-refractivity contribution >= 4 is 15.9 Å². The van der Waals surface area contributed by atoms with Gasteiger partial charge in [0.2, 0.25) is 15.9 Å². The molecule has 0 radical (unpaired) electrons. The number of carbonyl (C=O) groups is 1. The molecule has 124 valence electrons. The van der Waals surface area contributed by atoms with E-state index in [9.17, 15) is 13.2 Å². The first-order valence-electron chi connectivity index (χ1n) is 7.40. The van der Waals surface area contributed by atoms with Gasteiger partial charge >= 0.3 is 0 Å². The zero-order valence-electron chi connectivity index (χ0n) is 13.4. The molecule has 0 aromatic carbocycles. The molecule has 1 aromatic rings. The lowest BCUT2D eigenvalue weighted by atomic mass is 10.1. The van der Waals surface area contributed by atoms with Gasteiger partial charge in [-0.15, -0.1) is 0 Å². The van der Waals surface area contributed by atoms with Crippen molar-refractivity contribution in [1.29, 1.82) is 0 Å². The number of nitrogens with zero attached hydrogens (tertiary/aromatic N) is 2. The van der Waals surface area contributed by atoms with Crippen molar-refractivity contribution in [2.75, 3.05) is 19.3 Å². The zero-order chi connectivity index (χ0) is 16.6. The van der Waals surface area contributed by atoms with Crippen molar-refractivity contribution in [3.63, 3.8) is 0 Å². The molecule has 1 N–H and O–H groups in total.